The highest BCUT2D eigenvalue weighted by atomic mass is 16.5. The molecular formula is C21H26N2O5. The van der Waals surface area contributed by atoms with Crippen LogP contribution in [0.1, 0.15) is 24.1 Å². The molecule has 28 heavy (non-hydrogen) atoms. The van der Waals surface area contributed by atoms with Gasteiger partial charge in [0.2, 0.25) is 0 Å². The zero-order valence-electron chi connectivity index (χ0n) is 16.6. The Morgan fingerprint density at radius 1 is 0.893 bits per heavy atom. The lowest BCUT2D eigenvalue weighted by Gasteiger charge is -2.14. The number of carbonyl (C=O) groups excluding carboxylic acids is 2. The van der Waals surface area contributed by atoms with E-state index in [9.17, 15) is 9.59 Å². The smallest absolute Gasteiger partial charge is 0.309 e. The maximum absolute atomic E-state index is 12.1. The van der Waals surface area contributed by atoms with Crippen molar-refractivity contribution < 1.29 is 23.8 Å². The molecule has 2 aromatic carbocycles. The van der Waals surface area contributed by atoms with E-state index in [4.69, 9.17) is 14.2 Å². The van der Waals surface area contributed by atoms with Gasteiger partial charge in [-0.15, -0.1) is 0 Å². The highest BCUT2D eigenvalue weighted by Crippen LogP contribution is 2.27. The summed E-state index contributed by atoms with van der Waals surface area (Å²) in [5.41, 5.74) is 1.84. The van der Waals surface area contributed by atoms with Crippen LogP contribution in [-0.2, 0) is 16.0 Å². The SMILES string of the molecule is COc1ccc([C@@H](C)NC(=O)C(=O)NCCc2ccc(OC)c(OC)c2)cc1. The van der Waals surface area contributed by atoms with Gasteiger partial charge in [-0.3, -0.25) is 9.59 Å². The molecular weight excluding hydrogens is 360 g/mol. The van der Waals surface area contributed by atoms with E-state index >= 15 is 0 Å². The van der Waals surface area contributed by atoms with E-state index in [1.807, 2.05) is 31.2 Å². The van der Waals surface area contributed by atoms with Crippen molar-refractivity contribution in [3.63, 3.8) is 0 Å². The first-order chi connectivity index (χ1) is 13.5. The van der Waals surface area contributed by atoms with Gasteiger partial charge in [0, 0.05) is 6.54 Å². The first kappa shape index (κ1) is 21.1. The second-order valence-electron chi connectivity index (χ2n) is 6.16. The Labute approximate surface area is 165 Å². The fraction of sp³-hybridized carbons (Fsp3) is 0.333. The molecule has 1 atom stereocenters. The molecule has 2 rings (SSSR count). The predicted molar refractivity (Wildman–Crippen MR) is 106 cm³/mol. The standard InChI is InChI=1S/C21H26N2O5/c1-14(16-6-8-17(26-2)9-7-16)23-21(25)20(24)22-12-11-15-5-10-18(27-3)19(13-15)28-4/h5-10,13-14H,11-12H2,1-4H3,(H,22,24)(H,23,25)/t14-/m1/s1. The van der Waals surface area contributed by atoms with Crippen LogP contribution in [0.2, 0.25) is 0 Å². The normalized spacial score (nSPS) is 11.3. The van der Waals surface area contributed by atoms with Gasteiger partial charge in [-0.2, -0.15) is 0 Å². The number of hydrogen-bond acceptors (Lipinski definition) is 5. The third-order valence-corrected chi connectivity index (χ3v) is 4.32. The molecule has 7 nitrogen and oxygen atoms in total. The average Bonchev–Trinajstić information content (AvgIpc) is 2.73. The first-order valence-electron chi connectivity index (χ1n) is 8.92. The summed E-state index contributed by atoms with van der Waals surface area (Å²) in [7, 11) is 4.73. The lowest BCUT2D eigenvalue weighted by atomic mass is 10.1. The van der Waals surface area contributed by atoms with Crippen LogP contribution in [0.25, 0.3) is 0 Å². The number of rotatable bonds is 8. The number of hydrogen-bond donors (Lipinski definition) is 2. The molecule has 0 aliphatic carbocycles. The summed E-state index contributed by atoms with van der Waals surface area (Å²) in [6, 6.07) is 12.5. The summed E-state index contributed by atoms with van der Waals surface area (Å²) in [4.78, 5) is 24.1. The van der Waals surface area contributed by atoms with Crippen LogP contribution in [0, 0.1) is 0 Å². The number of amides is 2. The lowest BCUT2D eigenvalue weighted by Crippen LogP contribution is -2.41. The van der Waals surface area contributed by atoms with Crippen LogP contribution in [0.3, 0.4) is 0 Å². The van der Waals surface area contributed by atoms with Crippen molar-refractivity contribution in [2.45, 2.75) is 19.4 Å². The minimum atomic E-state index is -0.671. The van der Waals surface area contributed by atoms with Gasteiger partial charge in [0.05, 0.1) is 27.4 Å². The van der Waals surface area contributed by atoms with Crippen molar-refractivity contribution >= 4 is 11.8 Å². The van der Waals surface area contributed by atoms with Crippen molar-refractivity contribution in [2.75, 3.05) is 27.9 Å². The van der Waals surface area contributed by atoms with Crippen LogP contribution in [0.15, 0.2) is 42.5 Å². The van der Waals surface area contributed by atoms with E-state index in [-0.39, 0.29) is 6.04 Å². The number of ether oxygens (including phenoxy) is 3. The Balaban J connectivity index is 1.82. The summed E-state index contributed by atoms with van der Waals surface area (Å²) in [6.45, 7) is 2.15. The molecule has 2 aromatic rings. The van der Waals surface area contributed by atoms with Gasteiger partial charge in [0.15, 0.2) is 11.5 Å². The van der Waals surface area contributed by atoms with Crippen LogP contribution >= 0.6 is 0 Å². The van der Waals surface area contributed by atoms with Crippen LogP contribution < -0.4 is 24.8 Å². The number of benzene rings is 2. The second-order valence-corrected chi connectivity index (χ2v) is 6.16. The van der Waals surface area contributed by atoms with Gasteiger partial charge in [0.25, 0.3) is 0 Å². The summed E-state index contributed by atoms with van der Waals surface area (Å²) in [5, 5.41) is 5.32. The van der Waals surface area contributed by atoms with Gasteiger partial charge < -0.3 is 24.8 Å². The molecule has 150 valence electrons. The average molecular weight is 386 g/mol. The zero-order chi connectivity index (χ0) is 20.5. The zero-order valence-corrected chi connectivity index (χ0v) is 16.6. The Kier molecular flexibility index (Phi) is 7.68. The largest absolute Gasteiger partial charge is 0.497 e. The maximum Gasteiger partial charge on any atom is 0.309 e. The van der Waals surface area contributed by atoms with Crippen LogP contribution in [0.4, 0.5) is 0 Å². The van der Waals surface area contributed by atoms with Crippen molar-refractivity contribution in [2.24, 2.45) is 0 Å². The molecule has 0 spiro atoms. The summed E-state index contributed by atoms with van der Waals surface area (Å²) < 4.78 is 15.6. The molecule has 0 radical (unpaired) electrons. The molecule has 2 N–H and O–H groups in total. The minimum Gasteiger partial charge on any atom is -0.497 e. The fourth-order valence-corrected chi connectivity index (χ4v) is 2.67. The monoisotopic (exact) mass is 386 g/mol. The summed E-state index contributed by atoms with van der Waals surface area (Å²) >= 11 is 0. The first-order valence-corrected chi connectivity index (χ1v) is 8.92. The molecule has 0 fully saturated rings. The van der Waals surface area contributed by atoms with Crippen molar-refractivity contribution in [3.8, 4) is 17.2 Å². The third kappa shape index (κ3) is 5.64. The third-order valence-electron chi connectivity index (χ3n) is 4.32. The highest BCUT2D eigenvalue weighted by molar-refractivity contribution is 6.35. The van der Waals surface area contributed by atoms with E-state index in [0.29, 0.717) is 24.5 Å². The van der Waals surface area contributed by atoms with E-state index in [2.05, 4.69) is 10.6 Å². The van der Waals surface area contributed by atoms with E-state index in [1.165, 1.54) is 0 Å². The van der Waals surface area contributed by atoms with Crippen molar-refractivity contribution in [3.05, 3.63) is 53.6 Å². The fourth-order valence-electron chi connectivity index (χ4n) is 2.67. The van der Waals surface area contributed by atoms with Gasteiger partial charge >= 0.3 is 11.8 Å². The van der Waals surface area contributed by atoms with Crippen molar-refractivity contribution in [1.82, 2.24) is 10.6 Å². The van der Waals surface area contributed by atoms with Crippen LogP contribution in [-0.4, -0.2) is 39.7 Å². The maximum atomic E-state index is 12.1. The second kappa shape index (κ2) is 10.2. The molecule has 7 heteroatoms. The topological polar surface area (TPSA) is 85.9 Å². The molecule has 0 aliphatic heterocycles. The molecule has 0 unspecified atom stereocenters. The molecule has 0 heterocycles. The van der Waals surface area contributed by atoms with Gasteiger partial charge in [-0.1, -0.05) is 18.2 Å². The van der Waals surface area contributed by atoms with E-state index < -0.39 is 11.8 Å². The van der Waals surface area contributed by atoms with Gasteiger partial charge in [-0.25, -0.2) is 0 Å². The Hall–Kier alpha value is -3.22. The molecule has 0 saturated heterocycles. The Morgan fingerprint density at radius 3 is 2.18 bits per heavy atom. The molecule has 0 aromatic heterocycles. The molecule has 0 bridgehead atoms. The molecule has 2 amide bonds. The van der Waals surface area contributed by atoms with Crippen LogP contribution in [0.5, 0.6) is 17.2 Å². The van der Waals surface area contributed by atoms with E-state index in [0.717, 1.165) is 16.9 Å². The number of nitrogens with one attached hydrogen (secondary N) is 2. The van der Waals surface area contributed by atoms with Crippen molar-refractivity contribution in [1.29, 1.82) is 0 Å². The van der Waals surface area contributed by atoms with Gasteiger partial charge in [0.1, 0.15) is 5.75 Å². The summed E-state index contributed by atoms with van der Waals surface area (Å²) in [6.07, 6.45) is 0.563. The quantitative estimate of drug-likeness (QED) is 0.680. The summed E-state index contributed by atoms with van der Waals surface area (Å²) in [5.74, 6) is 0.659. The Bertz CT molecular complexity index is 805. The number of methoxy groups -OCH3 is 3. The highest BCUT2D eigenvalue weighted by Gasteiger charge is 2.16. The lowest BCUT2D eigenvalue weighted by molar-refractivity contribution is -0.139. The molecule has 0 saturated carbocycles. The number of carbonyl (C=O) groups is 2. The predicted octanol–water partition coefficient (Wildman–Crippen LogP) is 2.25. The Morgan fingerprint density at radius 2 is 1.57 bits per heavy atom. The van der Waals surface area contributed by atoms with Gasteiger partial charge in [-0.05, 0) is 48.7 Å². The molecule has 0 aliphatic rings. The minimum absolute atomic E-state index is 0.296. The van der Waals surface area contributed by atoms with E-state index in [1.54, 1.807) is 39.5 Å².